The van der Waals surface area contributed by atoms with Crippen molar-refractivity contribution in [2.75, 3.05) is 25.5 Å². The number of carbonyl (C=O) groups is 1. The van der Waals surface area contributed by atoms with Crippen molar-refractivity contribution in [2.24, 2.45) is 0 Å². The average Bonchev–Trinajstić information content (AvgIpc) is 2.46. The predicted octanol–water partition coefficient (Wildman–Crippen LogP) is 3.19. The van der Waals surface area contributed by atoms with Crippen LogP contribution in [0, 0.1) is 0 Å². The first-order valence-corrected chi connectivity index (χ1v) is 7.41. The molecule has 0 aliphatic carbocycles. The number of hydrogen-bond donors (Lipinski definition) is 2. The summed E-state index contributed by atoms with van der Waals surface area (Å²) in [5, 5.41) is 6.01. The summed E-state index contributed by atoms with van der Waals surface area (Å²) in [5.41, 5.74) is 0.763. The van der Waals surface area contributed by atoms with E-state index in [1.54, 1.807) is 7.11 Å². The number of unbranched alkanes of at least 4 members (excludes halogenated alkanes) is 4. The molecule has 1 rings (SSSR count). The Balaban J connectivity index is 2.13. The second-order valence-electron chi connectivity index (χ2n) is 4.87. The number of nitrogens with one attached hydrogen (secondary N) is 2. The van der Waals surface area contributed by atoms with Gasteiger partial charge in [0.15, 0.2) is 0 Å². The zero-order chi connectivity index (χ0) is 14.6. The Morgan fingerprint density at radius 3 is 2.75 bits per heavy atom. The zero-order valence-corrected chi connectivity index (χ0v) is 12.6. The topological polar surface area (TPSA) is 50.4 Å². The maximum absolute atomic E-state index is 11.7. The molecule has 0 aliphatic heterocycles. The van der Waals surface area contributed by atoms with E-state index in [9.17, 15) is 4.79 Å². The van der Waals surface area contributed by atoms with Gasteiger partial charge in [-0.25, -0.2) is 0 Å². The van der Waals surface area contributed by atoms with Crippen LogP contribution in [0.2, 0.25) is 0 Å². The molecule has 0 aromatic heterocycles. The summed E-state index contributed by atoms with van der Waals surface area (Å²) in [4.78, 5) is 11.7. The molecule has 0 aliphatic rings. The summed E-state index contributed by atoms with van der Waals surface area (Å²) in [5.74, 6) is 0.721. The number of rotatable bonds is 10. The number of amides is 1. The maximum atomic E-state index is 11.7. The highest BCUT2D eigenvalue weighted by Crippen LogP contribution is 2.16. The van der Waals surface area contributed by atoms with Crippen LogP contribution in [0.1, 0.15) is 39.0 Å². The molecule has 20 heavy (non-hydrogen) atoms. The van der Waals surface area contributed by atoms with Gasteiger partial charge in [0.05, 0.1) is 13.7 Å². The van der Waals surface area contributed by atoms with Gasteiger partial charge < -0.3 is 15.4 Å². The van der Waals surface area contributed by atoms with Crippen molar-refractivity contribution < 1.29 is 9.53 Å². The first-order valence-electron chi connectivity index (χ1n) is 7.41. The molecule has 1 aromatic carbocycles. The number of ether oxygens (including phenoxy) is 1. The zero-order valence-electron chi connectivity index (χ0n) is 12.6. The van der Waals surface area contributed by atoms with Gasteiger partial charge in [-0.1, -0.05) is 38.7 Å². The number of methoxy groups -OCH3 is 1. The minimum absolute atomic E-state index is 0.0215. The number of anilines is 1. The van der Waals surface area contributed by atoms with Gasteiger partial charge in [0.2, 0.25) is 5.91 Å². The molecule has 1 amide bonds. The fraction of sp³-hybridized carbons (Fsp3) is 0.562. The lowest BCUT2D eigenvalue weighted by molar-refractivity contribution is -0.115. The SMILES string of the molecule is CCCCCCCNCC(=O)Nc1cccc(OC)c1. The van der Waals surface area contributed by atoms with Crippen molar-refractivity contribution >= 4 is 11.6 Å². The Bertz CT molecular complexity index is 394. The summed E-state index contributed by atoms with van der Waals surface area (Å²) in [6, 6.07) is 7.37. The minimum atomic E-state index is -0.0215. The molecule has 0 atom stereocenters. The van der Waals surface area contributed by atoms with Gasteiger partial charge in [-0.2, -0.15) is 0 Å². The fourth-order valence-corrected chi connectivity index (χ4v) is 1.96. The average molecular weight is 278 g/mol. The van der Waals surface area contributed by atoms with Crippen LogP contribution >= 0.6 is 0 Å². The van der Waals surface area contributed by atoms with E-state index in [-0.39, 0.29) is 5.91 Å². The molecule has 0 unspecified atom stereocenters. The fourth-order valence-electron chi connectivity index (χ4n) is 1.96. The monoisotopic (exact) mass is 278 g/mol. The van der Waals surface area contributed by atoms with Gasteiger partial charge in [0.1, 0.15) is 5.75 Å². The molecule has 0 bridgehead atoms. The van der Waals surface area contributed by atoms with E-state index in [2.05, 4.69) is 17.6 Å². The van der Waals surface area contributed by atoms with Crippen molar-refractivity contribution in [3.63, 3.8) is 0 Å². The van der Waals surface area contributed by atoms with E-state index in [0.29, 0.717) is 6.54 Å². The first-order chi connectivity index (χ1) is 9.76. The molecule has 0 radical (unpaired) electrons. The smallest absolute Gasteiger partial charge is 0.238 e. The maximum Gasteiger partial charge on any atom is 0.238 e. The van der Waals surface area contributed by atoms with Gasteiger partial charge in [-0.3, -0.25) is 4.79 Å². The van der Waals surface area contributed by atoms with Crippen LogP contribution in [-0.4, -0.2) is 26.1 Å². The molecule has 2 N–H and O–H groups in total. The molecule has 112 valence electrons. The van der Waals surface area contributed by atoms with Crippen LogP contribution in [0.3, 0.4) is 0 Å². The largest absolute Gasteiger partial charge is 0.497 e. The van der Waals surface area contributed by atoms with Crippen LogP contribution in [-0.2, 0) is 4.79 Å². The lowest BCUT2D eigenvalue weighted by atomic mass is 10.1. The molecule has 0 fully saturated rings. The normalized spacial score (nSPS) is 10.3. The summed E-state index contributed by atoms with van der Waals surface area (Å²) < 4.78 is 5.11. The molecular formula is C16H26N2O2. The lowest BCUT2D eigenvalue weighted by Gasteiger charge is -2.08. The van der Waals surface area contributed by atoms with Gasteiger partial charge in [-0.15, -0.1) is 0 Å². The molecule has 0 spiro atoms. The van der Waals surface area contributed by atoms with E-state index >= 15 is 0 Å². The van der Waals surface area contributed by atoms with Crippen LogP contribution in [0.4, 0.5) is 5.69 Å². The Hall–Kier alpha value is -1.55. The van der Waals surface area contributed by atoms with Gasteiger partial charge >= 0.3 is 0 Å². The summed E-state index contributed by atoms with van der Waals surface area (Å²) in [7, 11) is 1.61. The van der Waals surface area contributed by atoms with Crippen LogP contribution < -0.4 is 15.4 Å². The van der Waals surface area contributed by atoms with Crippen molar-refractivity contribution in [1.82, 2.24) is 5.32 Å². The highest BCUT2D eigenvalue weighted by Gasteiger charge is 2.02. The first kappa shape index (κ1) is 16.5. The molecule has 1 aromatic rings. The molecule has 4 nitrogen and oxygen atoms in total. The Morgan fingerprint density at radius 1 is 1.20 bits per heavy atom. The third kappa shape index (κ3) is 7.14. The standard InChI is InChI=1S/C16H26N2O2/c1-3-4-5-6-7-11-17-13-16(19)18-14-9-8-10-15(12-14)20-2/h8-10,12,17H,3-7,11,13H2,1-2H3,(H,18,19). The van der Waals surface area contributed by atoms with E-state index in [1.807, 2.05) is 24.3 Å². The second kappa shape index (κ2) is 10.3. The van der Waals surface area contributed by atoms with Crippen molar-refractivity contribution in [3.8, 4) is 5.75 Å². The van der Waals surface area contributed by atoms with Crippen LogP contribution in [0.15, 0.2) is 24.3 Å². The Kier molecular flexibility index (Phi) is 8.47. The number of carbonyl (C=O) groups excluding carboxylic acids is 1. The Labute approximate surface area is 121 Å². The Morgan fingerprint density at radius 2 is 2.00 bits per heavy atom. The second-order valence-corrected chi connectivity index (χ2v) is 4.87. The molecule has 0 saturated heterocycles. The van der Waals surface area contributed by atoms with Crippen molar-refractivity contribution in [3.05, 3.63) is 24.3 Å². The summed E-state index contributed by atoms with van der Waals surface area (Å²) >= 11 is 0. The quantitative estimate of drug-likeness (QED) is 0.646. The lowest BCUT2D eigenvalue weighted by Crippen LogP contribution is -2.28. The van der Waals surface area contributed by atoms with Crippen LogP contribution in [0.5, 0.6) is 5.75 Å². The molecular weight excluding hydrogens is 252 g/mol. The summed E-state index contributed by atoms with van der Waals surface area (Å²) in [6.07, 6.45) is 6.21. The molecule has 4 heteroatoms. The van der Waals surface area contributed by atoms with Gasteiger partial charge in [0.25, 0.3) is 0 Å². The molecule has 0 saturated carbocycles. The number of hydrogen-bond acceptors (Lipinski definition) is 3. The highest BCUT2D eigenvalue weighted by atomic mass is 16.5. The molecule has 0 heterocycles. The van der Waals surface area contributed by atoms with Crippen LogP contribution in [0.25, 0.3) is 0 Å². The third-order valence-corrected chi connectivity index (χ3v) is 3.10. The van der Waals surface area contributed by atoms with E-state index in [4.69, 9.17) is 4.74 Å². The number of benzene rings is 1. The van der Waals surface area contributed by atoms with E-state index in [1.165, 1.54) is 25.7 Å². The van der Waals surface area contributed by atoms with Gasteiger partial charge in [-0.05, 0) is 25.1 Å². The minimum Gasteiger partial charge on any atom is -0.497 e. The van der Waals surface area contributed by atoms with Crippen molar-refractivity contribution in [2.45, 2.75) is 39.0 Å². The van der Waals surface area contributed by atoms with Gasteiger partial charge in [0, 0.05) is 11.8 Å². The van der Waals surface area contributed by atoms with Crippen molar-refractivity contribution in [1.29, 1.82) is 0 Å². The third-order valence-electron chi connectivity index (χ3n) is 3.10. The predicted molar refractivity (Wildman–Crippen MR) is 83.3 cm³/mol. The van der Waals surface area contributed by atoms with E-state index < -0.39 is 0 Å². The highest BCUT2D eigenvalue weighted by molar-refractivity contribution is 5.92. The summed E-state index contributed by atoms with van der Waals surface area (Å²) in [6.45, 7) is 3.46. The van der Waals surface area contributed by atoms with E-state index in [0.717, 1.165) is 24.4 Å².